The summed E-state index contributed by atoms with van der Waals surface area (Å²) in [4.78, 5) is 10.5. The summed E-state index contributed by atoms with van der Waals surface area (Å²) in [6, 6.07) is 4.88. The van der Waals surface area contributed by atoms with Crippen LogP contribution < -0.4 is 10.1 Å². The fourth-order valence-corrected chi connectivity index (χ4v) is 1.66. The van der Waals surface area contributed by atoms with Crippen molar-refractivity contribution in [1.82, 2.24) is 5.32 Å². The van der Waals surface area contributed by atoms with Gasteiger partial charge in [-0.25, -0.2) is 0 Å². The first kappa shape index (κ1) is 15.4. The van der Waals surface area contributed by atoms with E-state index in [-0.39, 0.29) is 18.0 Å². The number of likely N-dealkylation sites (N-methyl/N-ethyl adjacent to an activating group) is 1. The fraction of sp³-hybridized carbons (Fsp3) is 0.538. The molecule has 0 bridgehead atoms. The summed E-state index contributed by atoms with van der Waals surface area (Å²) in [5, 5.41) is 24.0. The largest absolute Gasteiger partial charge is 0.484 e. The van der Waals surface area contributed by atoms with Crippen LogP contribution in [0.1, 0.15) is 19.4 Å². The maximum absolute atomic E-state index is 11.0. The summed E-state index contributed by atoms with van der Waals surface area (Å²) in [6.07, 6.45) is 0. The zero-order valence-corrected chi connectivity index (χ0v) is 11.5. The summed E-state index contributed by atoms with van der Waals surface area (Å²) < 4.78 is 5.41. The summed E-state index contributed by atoms with van der Waals surface area (Å²) in [6.45, 7) is 6.30. The number of rotatable bonds is 7. The Balaban J connectivity index is 2.78. The molecule has 6 nitrogen and oxygen atoms in total. The van der Waals surface area contributed by atoms with Gasteiger partial charge in [-0.2, -0.15) is 0 Å². The van der Waals surface area contributed by atoms with E-state index < -0.39 is 10.5 Å². The van der Waals surface area contributed by atoms with E-state index in [2.05, 4.69) is 5.32 Å². The van der Waals surface area contributed by atoms with E-state index in [9.17, 15) is 15.2 Å². The van der Waals surface area contributed by atoms with E-state index in [1.54, 1.807) is 26.0 Å². The van der Waals surface area contributed by atoms with Crippen molar-refractivity contribution in [2.45, 2.75) is 26.4 Å². The number of nitrogens with zero attached hydrogens (tertiary/aromatic N) is 1. The average Bonchev–Trinajstić information content (AvgIpc) is 2.33. The number of aryl methyl sites for hydroxylation is 1. The molecule has 0 heterocycles. The Morgan fingerprint density at radius 3 is 2.79 bits per heavy atom. The standard InChI is InChI=1S/C13H20N2O4/c1-4-14-8-13(3,16)9-19-11-7-5-6-10(2)12(11)15(17)18/h5-7,14,16H,4,8-9H2,1-3H3. The lowest BCUT2D eigenvalue weighted by atomic mass is 10.1. The van der Waals surface area contributed by atoms with Crippen LogP contribution in [0.2, 0.25) is 0 Å². The lowest BCUT2D eigenvalue weighted by Crippen LogP contribution is -2.42. The zero-order chi connectivity index (χ0) is 14.5. The van der Waals surface area contributed by atoms with Gasteiger partial charge in [0.1, 0.15) is 12.2 Å². The first-order valence-corrected chi connectivity index (χ1v) is 6.17. The molecule has 0 radical (unpaired) electrons. The Morgan fingerprint density at radius 1 is 1.53 bits per heavy atom. The van der Waals surface area contributed by atoms with Crippen molar-refractivity contribution < 1.29 is 14.8 Å². The van der Waals surface area contributed by atoms with E-state index in [1.807, 2.05) is 6.92 Å². The lowest BCUT2D eigenvalue weighted by molar-refractivity contribution is -0.386. The second-order valence-electron chi connectivity index (χ2n) is 4.74. The molecule has 0 amide bonds. The number of aliphatic hydroxyl groups is 1. The third kappa shape index (κ3) is 4.50. The Kier molecular flexibility index (Phi) is 5.26. The van der Waals surface area contributed by atoms with Gasteiger partial charge >= 0.3 is 5.69 Å². The van der Waals surface area contributed by atoms with E-state index in [1.165, 1.54) is 6.07 Å². The Morgan fingerprint density at radius 2 is 2.21 bits per heavy atom. The second kappa shape index (κ2) is 6.49. The number of benzene rings is 1. The highest BCUT2D eigenvalue weighted by Crippen LogP contribution is 2.30. The third-order valence-corrected chi connectivity index (χ3v) is 2.68. The van der Waals surface area contributed by atoms with Crippen LogP contribution in [-0.2, 0) is 0 Å². The van der Waals surface area contributed by atoms with E-state index in [4.69, 9.17) is 4.74 Å². The molecular formula is C13H20N2O4. The van der Waals surface area contributed by atoms with E-state index >= 15 is 0 Å². The number of nitrogens with one attached hydrogen (secondary N) is 1. The van der Waals surface area contributed by atoms with Gasteiger partial charge in [-0.3, -0.25) is 10.1 Å². The zero-order valence-electron chi connectivity index (χ0n) is 11.5. The molecule has 1 rings (SSSR count). The number of hydrogen-bond acceptors (Lipinski definition) is 5. The summed E-state index contributed by atoms with van der Waals surface area (Å²) in [7, 11) is 0. The van der Waals surface area contributed by atoms with Crippen LogP contribution >= 0.6 is 0 Å². The highest BCUT2D eigenvalue weighted by Gasteiger charge is 2.24. The Labute approximate surface area is 112 Å². The summed E-state index contributed by atoms with van der Waals surface area (Å²) in [5.41, 5.74) is -0.594. The average molecular weight is 268 g/mol. The van der Waals surface area contributed by atoms with Crippen molar-refractivity contribution in [3.8, 4) is 5.75 Å². The van der Waals surface area contributed by atoms with Gasteiger partial charge in [-0.1, -0.05) is 19.1 Å². The minimum Gasteiger partial charge on any atom is -0.484 e. The molecule has 1 aromatic carbocycles. The topological polar surface area (TPSA) is 84.6 Å². The molecular weight excluding hydrogens is 248 g/mol. The van der Waals surface area contributed by atoms with Crippen molar-refractivity contribution in [3.63, 3.8) is 0 Å². The van der Waals surface area contributed by atoms with Crippen LogP contribution in [0.4, 0.5) is 5.69 Å². The minimum atomic E-state index is -1.08. The van der Waals surface area contributed by atoms with Gasteiger partial charge in [0.25, 0.3) is 0 Å². The fourth-order valence-electron chi connectivity index (χ4n) is 1.66. The van der Waals surface area contributed by atoms with Gasteiger partial charge in [-0.05, 0) is 26.5 Å². The monoisotopic (exact) mass is 268 g/mol. The number of ether oxygens (including phenoxy) is 1. The van der Waals surface area contributed by atoms with E-state index in [0.29, 0.717) is 12.1 Å². The highest BCUT2D eigenvalue weighted by atomic mass is 16.6. The normalized spacial score (nSPS) is 13.9. The molecule has 0 aliphatic rings. The van der Waals surface area contributed by atoms with Crippen molar-refractivity contribution in [1.29, 1.82) is 0 Å². The SMILES string of the molecule is CCNCC(C)(O)COc1cccc(C)c1[N+](=O)[O-]. The van der Waals surface area contributed by atoms with Crippen LogP contribution in [0.5, 0.6) is 5.75 Å². The first-order valence-electron chi connectivity index (χ1n) is 6.17. The number of para-hydroxylation sites is 1. The minimum absolute atomic E-state index is 0.00963. The molecule has 0 aromatic heterocycles. The summed E-state index contributed by atoms with van der Waals surface area (Å²) in [5.74, 6) is 0.182. The molecule has 1 aromatic rings. The number of hydrogen-bond donors (Lipinski definition) is 2. The van der Waals surface area contributed by atoms with Crippen LogP contribution in [0.15, 0.2) is 18.2 Å². The predicted molar refractivity (Wildman–Crippen MR) is 72.5 cm³/mol. The smallest absolute Gasteiger partial charge is 0.313 e. The molecule has 0 fully saturated rings. The maximum Gasteiger partial charge on any atom is 0.313 e. The van der Waals surface area contributed by atoms with Crippen molar-refractivity contribution in [2.24, 2.45) is 0 Å². The molecule has 106 valence electrons. The molecule has 2 N–H and O–H groups in total. The van der Waals surface area contributed by atoms with Gasteiger partial charge < -0.3 is 15.2 Å². The van der Waals surface area contributed by atoms with E-state index in [0.717, 1.165) is 6.54 Å². The van der Waals surface area contributed by atoms with Crippen molar-refractivity contribution >= 4 is 5.69 Å². The molecule has 1 unspecified atom stereocenters. The molecule has 0 aliphatic heterocycles. The highest BCUT2D eigenvalue weighted by molar-refractivity contribution is 5.52. The van der Waals surface area contributed by atoms with Crippen LogP contribution in [0, 0.1) is 17.0 Å². The van der Waals surface area contributed by atoms with Crippen LogP contribution in [-0.4, -0.2) is 35.3 Å². The predicted octanol–water partition coefficient (Wildman–Crippen LogP) is 1.64. The van der Waals surface area contributed by atoms with Gasteiger partial charge in [0.2, 0.25) is 0 Å². The Bertz CT molecular complexity index is 446. The second-order valence-corrected chi connectivity index (χ2v) is 4.74. The lowest BCUT2D eigenvalue weighted by Gasteiger charge is -2.23. The molecule has 0 saturated heterocycles. The molecule has 19 heavy (non-hydrogen) atoms. The van der Waals surface area contributed by atoms with Crippen LogP contribution in [0.3, 0.4) is 0 Å². The Hall–Kier alpha value is -1.66. The van der Waals surface area contributed by atoms with Gasteiger partial charge in [0.05, 0.1) is 4.92 Å². The maximum atomic E-state index is 11.0. The van der Waals surface area contributed by atoms with Gasteiger partial charge in [0.15, 0.2) is 5.75 Å². The molecule has 0 aliphatic carbocycles. The number of nitro benzene ring substituents is 1. The number of nitro groups is 1. The van der Waals surface area contributed by atoms with Crippen molar-refractivity contribution in [3.05, 3.63) is 33.9 Å². The van der Waals surface area contributed by atoms with Crippen LogP contribution in [0.25, 0.3) is 0 Å². The quantitative estimate of drug-likeness (QED) is 0.580. The third-order valence-electron chi connectivity index (χ3n) is 2.68. The van der Waals surface area contributed by atoms with Gasteiger partial charge in [-0.15, -0.1) is 0 Å². The molecule has 0 spiro atoms. The summed E-state index contributed by atoms with van der Waals surface area (Å²) >= 11 is 0. The molecule has 1 atom stereocenters. The van der Waals surface area contributed by atoms with Crippen molar-refractivity contribution in [2.75, 3.05) is 19.7 Å². The molecule has 6 heteroatoms. The van der Waals surface area contributed by atoms with Gasteiger partial charge in [0, 0.05) is 12.1 Å². The molecule has 0 saturated carbocycles. The first-order chi connectivity index (χ1) is 8.87.